The number of rotatable bonds is 3. The third kappa shape index (κ3) is 2.72. The van der Waals surface area contributed by atoms with E-state index in [2.05, 4.69) is 18.8 Å². The number of aryl methyl sites for hydroxylation is 1. The first kappa shape index (κ1) is 14.2. The van der Waals surface area contributed by atoms with E-state index in [4.69, 9.17) is 28.9 Å². The third-order valence-corrected chi connectivity index (χ3v) is 3.57. The van der Waals surface area contributed by atoms with Crippen molar-refractivity contribution in [2.75, 3.05) is 5.73 Å². The predicted molar refractivity (Wildman–Crippen MR) is 81.7 cm³/mol. The van der Waals surface area contributed by atoms with Gasteiger partial charge in [-0.2, -0.15) is 0 Å². The number of hydrogen-bond acceptors (Lipinski definition) is 2. The number of nitrogen functional groups attached to an aromatic ring is 1. The molecule has 0 aliphatic rings. The van der Waals surface area contributed by atoms with Crippen LogP contribution in [0.3, 0.4) is 0 Å². The lowest BCUT2D eigenvalue weighted by Gasteiger charge is -2.11. The summed E-state index contributed by atoms with van der Waals surface area (Å²) in [4.78, 5) is 4.52. The first-order valence-corrected chi connectivity index (χ1v) is 6.94. The van der Waals surface area contributed by atoms with Crippen molar-refractivity contribution in [3.8, 4) is 11.3 Å². The number of benzene rings is 1. The van der Waals surface area contributed by atoms with Crippen molar-refractivity contribution in [2.24, 2.45) is 5.92 Å². The molecule has 0 fully saturated rings. The van der Waals surface area contributed by atoms with E-state index in [1.807, 2.05) is 17.6 Å². The lowest BCUT2D eigenvalue weighted by molar-refractivity contribution is 0.518. The van der Waals surface area contributed by atoms with Gasteiger partial charge in [0, 0.05) is 12.1 Å². The summed E-state index contributed by atoms with van der Waals surface area (Å²) in [6, 6.07) is 5.39. The molecule has 0 saturated carbocycles. The summed E-state index contributed by atoms with van der Waals surface area (Å²) < 4.78 is 2.00. The van der Waals surface area contributed by atoms with Gasteiger partial charge in [0.2, 0.25) is 0 Å². The molecule has 0 saturated heterocycles. The zero-order valence-electron chi connectivity index (χ0n) is 11.2. The number of imidazole rings is 1. The largest absolute Gasteiger partial charge is 0.383 e. The molecule has 0 atom stereocenters. The maximum atomic E-state index is 6.21. The molecule has 2 aromatic rings. The lowest BCUT2D eigenvalue weighted by atomic mass is 10.1. The van der Waals surface area contributed by atoms with E-state index in [-0.39, 0.29) is 0 Å². The highest BCUT2D eigenvalue weighted by Crippen LogP contribution is 2.37. The first-order valence-electron chi connectivity index (χ1n) is 6.18. The van der Waals surface area contributed by atoms with Gasteiger partial charge in [0.05, 0.1) is 10.0 Å². The summed E-state index contributed by atoms with van der Waals surface area (Å²) in [5.41, 5.74) is 7.57. The third-order valence-electron chi connectivity index (χ3n) is 2.94. The fourth-order valence-corrected chi connectivity index (χ4v) is 2.66. The van der Waals surface area contributed by atoms with Crippen molar-refractivity contribution >= 4 is 29.0 Å². The van der Waals surface area contributed by atoms with Crippen LogP contribution in [0.1, 0.15) is 19.7 Å². The number of hydrogen-bond donors (Lipinski definition) is 1. The molecule has 0 aliphatic heterocycles. The summed E-state index contributed by atoms with van der Waals surface area (Å²) in [7, 11) is 0. The van der Waals surface area contributed by atoms with Crippen LogP contribution in [0.4, 0.5) is 5.82 Å². The Bertz CT molecular complexity index is 583. The van der Waals surface area contributed by atoms with Gasteiger partial charge in [-0.05, 0) is 25.0 Å². The van der Waals surface area contributed by atoms with Crippen LogP contribution in [-0.4, -0.2) is 9.55 Å². The smallest absolute Gasteiger partial charge is 0.131 e. The minimum atomic E-state index is 0.491. The number of halogens is 2. The number of aromatic nitrogens is 2. The van der Waals surface area contributed by atoms with Gasteiger partial charge in [-0.25, -0.2) is 4.98 Å². The molecule has 2 rings (SSSR count). The number of nitrogens with zero attached hydrogens (tertiary/aromatic N) is 2. The molecular weight excluding hydrogens is 281 g/mol. The average molecular weight is 298 g/mol. The highest BCUT2D eigenvalue weighted by molar-refractivity contribution is 6.39. The van der Waals surface area contributed by atoms with Crippen LogP contribution >= 0.6 is 23.2 Å². The van der Waals surface area contributed by atoms with Crippen LogP contribution < -0.4 is 5.73 Å². The van der Waals surface area contributed by atoms with Crippen molar-refractivity contribution in [1.82, 2.24) is 9.55 Å². The second-order valence-electron chi connectivity index (χ2n) is 4.99. The van der Waals surface area contributed by atoms with E-state index in [0.29, 0.717) is 33.0 Å². The van der Waals surface area contributed by atoms with Gasteiger partial charge in [-0.15, -0.1) is 0 Å². The van der Waals surface area contributed by atoms with Crippen molar-refractivity contribution in [2.45, 2.75) is 27.3 Å². The minimum absolute atomic E-state index is 0.491. The van der Waals surface area contributed by atoms with Gasteiger partial charge in [0.15, 0.2) is 0 Å². The second-order valence-corrected chi connectivity index (χ2v) is 5.81. The van der Waals surface area contributed by atoms with E-state index >= 15 is 0 Å². The molecule has 5 heteroatoms. The summed E-state index contributed by atoms with van der Waals surface area (Å²) >= 11 is 12.4. The topological polar surface area (TPSA) is 43.8 Å². The van der Waals surface area contributed by atoms with E-state index in [0.717, 1.165) is 12.4 Å². The first-order chi connectivity index (χ1) is 8.91. The standard InChI is InChI=1S/C14H17Cl2N3/c1-8(2)7-19-9(3)18-13(14(19)17)12-10(15)5-4-6-11(12)16/h4-6,8H,7,17H2,1-3H3. The van der Waals surface area contributed by atoms with Crippen LogP contribution in [-0.2, 0) is 6.54 Å². The monoisotopic (exact) mass is 297 g/mol. The van der Waals surface area contributed by atoms with E-state index in [9.17, 15) is 0 Å². The van der Waals surface area contributed by atoms with Crippen molar-refractivity contribution in [3.05, 3.63) is 34.1 Å². The Hall–Kier alpha value is -1.19. The Morgan fingerprint density at radius 1 is 1.26 bits per heavy atom. The minimum Gasteiger partial charge on any atom is -0.383 e. The Balaban J connectivity index is 2.58. The molecular formula is C14H17Cl2N3. The van der Waals surface area contributed by atoms with Crippen LogP contribution in [0.25, 0.3) is 11.3 Å². The Morgan fingerprint density at radius 3 is 2.37 bits per heavy atom. The molecule has 1 heterocycles. The SMILES string of the molecule is Cc1nc(-c2c(Cl)cccc2Cl)c(N)n1CC(C)C. The molecule has 2 N–H and O–H groups in total. The molecule has 19 heavy (non-hydrogen) atoms. The lowest BCUT2D eigenvalue weighted by Crippen LogP contribution is -2.09. The van der Waals surface area contributed by atoms with E-state index in [1.54, 1.807) is 12.1 Å². The molecule has 0 spiro atoms. The van der Waals surface area contributed by atoms with Crippen LogP contribution in [0, 0.1) is 12.8 Å². The van der Waals surface area contributed by atoms with Crippen molar-refractivity contribution < 1.29 is 0 Å². The quantitative estimate of drug-likeness (QED) is 0.912. The Labute approximate surface area is 123 Å². The summed E-state index contributed by atoms with van der Waals surface area (Å²) in [6.45, 7) is 7.04. The fourth-order valence-electron chi connectivity index (χ4n) is 2.09. The van der Waals surface area contributed by atoms with Crippen LogP contribution in [0.2, 0.25) is 10.0 Å². The zero-order chi connectivity index (χ0) is 14.2. The number of nitrogens with two attached hydrogens (primary N) is 1. The normalized spacial score (nSPS) is 11.3. The van der Waals surface area contributed by atoms with Crippen LogP contribution in [0.15, 0.2) is 18.2 Å². The summed E-state index contributed by atoms with van der Waals surface area (Å²) in [6.07, 6.45) is 0. The van der Waals surface area contributed by atoms with Gasteiger partial charge in [-0.1, -0.05) is 43.1 Å². The van der Waals surface area contributed by atoms with Gasteiger partial charge in [0.25, 0.3) is 0 Å². The number of anilines is 1. The fraction of sp³-hybridized carbons (Fsp3) is 0.357. The zero-order valence-corrected chi connectivity index (χ0v) is 12.8. The Kier molecular flexibility index (Phi) is 4.07. The molecule has 1 aromatic heterocycles. The van der Waals surface area contributed by atoms with Crippen molar-refractivity contribution in [3.63, 3.8) is 0 Å². The van der Waals surface area contributed by atoms with Gasteiger partial charge >= 0.3 is 0 Å². The van der Waals surface area contributed by atoms with Gasteiger partial charge in [-0.3, -0.25) is 0 Å². The second kappa shape index (κ2) is 5.43. The van der Waals surface area contributed by atoms with Crippen molar-refractivity contribution in [1.29, 1.82) is 0 Å². The molecule has 0 aliphatic carbocycles. The molecule has 0 bridgehead atoms. The maximum absolute atomic E-state index is 6.21. The van der Waals surface area contributed by atoms with Gasteiger partial charge < -0.3 is 10.3 Å². The van der Waals surface area contributed by atoms with E-state index < -0.39 is 0 Å². The maximum Gasteiger partial charge on any atom is 0.131 e. The molecule has 0 amide bonds. The average Bonchev–Trinajstić information content (AvgIpc) is 2.57. The van der Waals surface area contributed by atoms with Gasteiger partial charge in [0.1, 0.15) is 17.3 Å². The van der Waals surface area contributed by atoms with E-state index in [1.165, 1.54) is 0 Å². The summed E-state index contributed by atoms with van der Waals surface area (Å²) in [5, 5.41) is 1.13. The molecule has 1 aromatic carbocycles. The summed E-state index contributed by atoms with van der Waals surface area (Å²) in [5.74, 6) is 1.98. The molecule has 0 unspecified atom stereocenters. The molecule has 3 nitrogen and oxygen atoms in total. The molecule has 0 radical (unpaired) electrons. The Morgan fingerprint density at radius 2 is 1.84 bits per heavy atom. The highest BCUT2D eigenvalue weighted by atomic mass is 35.5. The molecule has 102 valence electrons. The van der Waals surface area contributed by atoms with Crippen LogP contribution in [0.5, 0.6) is 0 Å². The predicted octanol–water partition coefficient (Wildman–Crippen LogP) is 4.40. The highest BCUT2D eigenvalue weighted by Gasteiger charge is 2.18.